The second-order valence-electron chi connectivity index (χ2n) is 11.4. The van der Waals surface area contributed by atoms with E-state index in [1.807, 2.05) is 0 Å². The fourth-order valence-electron chi connectivity index (χ4n) is 6.66. The second kappa shape index (κ2) is 9.23. The summed E-state index contributed by atoms with van der Waals surface area (Å²) < 4.78 is 28.6. The number of fused-ring (bicyclic) bond motifs is 1. The number of aliphatic hydroxyl groups excluding tert-OH is 2. The molecule has 0 aromatic rings. The van der Waals surface area contributed by atoms with E-state index in [-0.39, 0.29) is 17.8 Å². The number of hydrogen-bond acceptors (Lipinski definition) is 3. The lowest BCUT2D eigenvalue weighted by molar-refractivity contribution is -0.168. The van der Waals surface area contributed by atoms with Crippen LogP contribution >= 0.6 is 0 Å². The summed E-state index contributed by atoms with van der Waals surface area (Å²) in [5.41, 5.74) is 0.719. The van der Waals surface area contributed by atoms with Gasteiger partial charge in [0.25, 0.3) is 5.92 Å². The van der Waals surface area contributed by atoms with E-state index >= 15 is 0 Å². The lowest BCUT2D eigenvalue weighted by atomic mass is 9.60. The first-order valence-electron chi connectivity index (χ1n) is 12.2. The third-order valence-corrected chi connectivity index (χ3v) is 8.61. The van der Waals surface area contributed by atoms with Crippen molar-refractivity contribution in [2.45, 2.75) is 116 Å². The summed E-state index contributed by atoms with van der Waals surface area (Å²) in [4.78, 5) is 0. The topological polar surface area (TPSA) is 60.7 Å². The van der Waals surface area contributed by atoms with Crippen molar-refractivity contribution >= 4 is 0 Å². The summed E-state index contributed by atoms with van der Waals surface area (Å²) in [6.07, 6.45) is 10.9. The molecule has 0 saturated heterocycles. The van der Waals surface area contributed by atoms with Crippen LogP contribution in [0.4, 0.5) is 8.78 Å². The van der Waals surface area contributed by atoms with Crippen LogP contribution in [0.15, 0.2) is 23.3 Å². The number of hydrogen-bond donors (Lipinski definition) is 3. The third kappa shape index (κ3) is 5.42. The fraction of sp³-hybridized carbons (Fsp3) is 0.846. The Hall–Kier alpha value is -0.780. The van der Waals surface area contributed by atoms with Gasteiger partial charge < -0.3 is 15.3 Å². The van der Waals surface area contributed by atoms with E-state index in [1.165, 1.54) is 19.4 Å². The minimum Gasteiger partial charge on any atom is -0.393 e. The quantitative estimate of drug-likeness (QED) is 0.490. The highest BCUT2D eigenvalue weighted by Gasteiger charge is 2.51. The smallest absolute Gasteiger partial charge is 0.275 e. The van der Waals surface area contributed by atoms with Crippen molar-refractivity contribution in [1.29, 1.82) is 0 Å². The van der Waals surface area contributed by atoms with E-state index < -0.39 is 23.7 Å². The van der Waals surface area contributed by atoms with Crippen molar-refractivity contribution in [3.63, 3.8) is 0 Å². The zero-order chi connectivity index (χ0) is 23.0. The number of aliphatic hydroxyl groups is 3. The lowest BCUT2D eigenvalue weighted by Gasteiger charge is -2.44. The van der Waals surface area contributed by atoms with Crippen molar-refractivity contribution in [3.05, 3.63) is 23.3 Å². The van der Waals surface area contributed by atoms with Gasteiger partial charge in [-0.15, -0.1) is 0 Å². The first kappa shape index (κ1) is 24.9. The molecule has 3 fully saturated rings. The number of alkyl halides is 2. The van der Waals surface area contributed by atoms with Crippen LogP contribution in [0.1, 0.15) is 91.9 Å². The van der Waals surface area contributed by atoms with E-state index in [4.69, 9.17) is 0 Å². The van der Waals surface area contributed by atoms with Gasteiger partial charge in [-0.2, -0.15) is 0 Å². The summed E-state index contributed by atoms with van der Waals surface area (Å²) >= 11 is 0. The van der Waals surface area contributed by atoms with Gasteiger partial charge in [-0.05, 0) is 94.8 Å². The van der Waals surface area contributed by atoms with Gasteiger partial charge in [0.2, 0.25) is 0 Å². The standard InChI is InChI=1S/C26H42F2O3/c1-17(11-13-26(27,28)24(2,3)31)22-9-10-23-19(6-5-12-25(22,23)4)8-7-18-14-20(29)16-21(30)15-18/h7-8,17,20-23,29-31H,5-6,9-16H2,1-4H3/b19-8+/t17-,20+,21+,22+,23-,25+/m0/s1. The maximum absolute atomic E-state index is 14.3. The fourth-order valence-corrected chi connectivity index (χ4v) is 6.66. The van der Waals surface area contributed by atoms with Gasteiger partial charge >= 0.3 is 0 Å². The van der Waals surface area contributed by atoms with Gasteiger partial charge in [0.05, 0.1) is 12.2 Å². The van der Waals surface area contributed by atoms with E-state index in [1.54, 1.807) is 0 Å². The average Bonchev–Trinajstić information content (AvgIpc) is 3.00. The molecule has 0 radical (unpaired) electrons. The molecule has 0 aromatic carbocycles. The van der Waals surface area contributed by atoms with Gasteiger partial charge in [-0.25, -0.2) is 8.78 Å². The van der Waals surface area contributed by atoms with Crippen LogP contribution in [-0.2, 0) is 0 Å². The van der Waals surface area contributed by atoms with Gasteiger partial charge in [-0.3, -0.25) is 0 Å². The summed E-state index contributed by atoms with van der Waals surface area (Å²) in [6.45, 7) is 6.86. The van der Waals surface area contributed by atoms with Crippen LogP contribution in [0.25, 0.3) is 0 Å². The van der Waals surface area contributed by atoms with E-state index in [0.717, 1.165) is 37.7 Å². The Morgan fingerprint density at radius 2 is 1.77 bits per heavy atom. The van der Waals surface area contributed by atoms with Crippen LogP contribution in [0.2, 0.25) is 0 Å². The Morgan fingerprint density at radius 1 is 1.13 bits per heavy atom. The van der Waals surface area contributed by atoms with Crippen LogP contribution in [-0.4, -0.2) is 39.1 Å². The van der Waals surface area contributed by atoms with E-state index in [9.17, 15) is 24.1 Å². The Bertz CT molecular complexity index is 681. The zero-order valence-corrected chi connectivity index (χ0v) is 19.7. The van der Waals surface area contributed by atoms with Crippen LogP contribution in [0.3, 0.4) is 0 Å². The van der Waals surface area contributed by atoms with Crippen LogP contribution in [0, 0.1) is 23.2 Å². The van der Waals surface area contributed by atoms with Crippen LogP contribution in [0.5, 0.6) is 0 Å². The molecule has 3 aliphatic carbocycles. The van der Waals surface area contributed by atoms with Crippen molar-refractivity contribution in [3.8, 4) is 0 Å². The molecule has 6 atom stereocenters. The molecule has 0 aliphatic heterocycles. The molecular formula is C26H42F2O3. The summed E-state index contributed by atoms with van der Waals surface area (Å²) in [5, 5.41) is 29.7. The summed E-state index contributed by atoms with van der Waals surface area (Å²) in [5.74, 6) is -1.97. The molecule has 0 unspecified atom stereocenters. The molecule has 3 saturated carbocycles. The normalized spacial score (nSPS) is 37.1. The first-order valence-corrected chi connectivity index (χ1v) is 12.2. The highest BCUT2D eigenvalue weighted by Crippen LogP contribution is 2.60. The average molecular weight is 441 g/mol. The van der Waals surface area contributed by atoms with E-state index in [0.29, 0.717) is 37.5 Å². The Morgan fingerprint density at radius 3 is 2.39 bits per heavy atom. The molecule has 5 heteroatoms. The van der Waals surface area contributed by atoms with Crippen molar-refractivity contribution in [1.82, 2.24) is 0 Å². The molecule has 3 aliphatic rings. The zero-order valence-electron chi connectivity index (χ0n) is 19.7. The Balaban J connectivity index is 1.69. The van der Waals surface area contributed by atoms with E-state index in [2.05, 4.69) is 26.0 Å². The highest BCUT2D eigenvalue weighted by atomic mass is 19.3. The SMILES string of the molecule is C[C@@H](CCC(F)(F)C(C)(C)O)[C@H]1CC[C@H]2/C(=C/C=C3C[C@@H](O)C[C@H](O)C3)CCC[C@]12C. The van der Waals surface area contributed by atoms with Crippen LogP contribution < -0.4 is 0 Å². The second-order valence-corrected chi connectivity index (χ2v) is 11.4. The third-order valence-electron chi connectivity index (χ3n) is 8.61. The largest absolute Gasteiger partial charge is 0.393 e. The van der Waals surface area contributed by atoms with Gasteiger partial charge in [0, 0.05) is 6.42 Å². The Labute approximate surface area is 186 Å². The molecule has 0 spiro atoms. The van der Waals surface area contributed by atoms with Crippen molar-refractivity contribution in [2.75, 3.05) is 0 Å². The molecule has 3 N–H and O–H groups in total. The minimum atomic E-state index is -3.07. The van der Waals surface area contributed by atoms with Crippen molar-refractivity contribution < 1.29 is 24.1 Å². The predicted molar refractivity (Wildman–Crippen MR) is 120 cm³/mol. The minimum absolute atomic E-state index is 0.137. The molecule has 178 valence electrons. The molecule has 0 amide bonds. The Kier molecular flexibility index (Phi) is 7.40. The maximum Gasteiger partial charge on any atom is 0.275 e. The van der Waals surface area contributed by atoms with Gasteiger partial charge in [0.1, 0.15) is 5.60 Å². The van der Waals surface area contributed by atoms with Crippen molar-refractivity contribution in [2.24, 2.45) is 23.2 Å². The highest BCUT2D eigenvalue weighted by molar-refractivity contribution is 5.26. The number of halogens is 2. The molecule has 0 heterocycles. The molecule has 3 nitrogen and oxygen atoms in total. The first-order chi connectivity index (χ1) is 14.3. The maximum atomic E-state index is 14.3. The number of allylic oxidation sites excluding steroid dienone is 3. The molecule has 0 bridgehead atoms. The summed E-state index contributed by atoms with van der Waals surface area (Å²) in [7, 11) is 0. The molecule has 31 heavy (non-hydrogen) atoms. The molecule has 3 rings (SSSR count). The summed E-state index contributed by atoms with van der Waals surface area (Å²) in [6, 6.07) is 0. The molecular weight excluding hydrogens is 398 g/mol. The predicted octanol–water partition coefficient (Wildman–Crippen LogP) is 5.78. The number of rotatable bonds is 6. The van der Waals surface area contributed by atoms with Gasteiger partial charge in [0.15, 0.2) is 0 Å². The molecule has 0 aromatic heterocycles. The monoisotopic (exact) mass is 440 g/mol. The lowest BCUT2D eigenvalue weighted by Crippen LogP contribution is -2.43. The van der Waals surface area contributed by atoms with Gasteiger partial charge in [-0.1, -0.05) is 37.1 Å².